The molecule has 0 radical (unpaired) electrons. The van der Waals surface area contributed by atoms with E-state index in [9.17, 15) is 0 Å². The number of rotatable bonds is 1. The number of hydrogen-bond donors (Lipinski definition) is 0. The maximum atomic E-state index is 5.20. The lowest BCUT2D eigenvalue weighted by atomic mass is 10.2. The summed E-state index contributed by atoms with van der Waals surface area (Å²) in [6.45, 7) is 3.72. The smallest absolute Gasteiger partial charge is 0.140 e. The minimum Gasteiger partial charge on any atom is -0.412 e. The maximum absolute atomic E-state index is 5.20. The highest BCUT2D eigenvalue weighted by Gasteiger charge is 1.97. The fraction of sp³-hybridized carbons (Fsp3) is 0.154. The van der Waals surface area contributed by atoms with Gasteiger partial charge in [0, 0.05) is 18.0 Å². The highest BCUT2D eigenvalue weighted by atomic mass is 16.5. The predicted molar refractivity (Wildman–Crippen MR) is 64.2 cm³/mol. The molecular formula is C13H13NO2. The number of pyridine rings is 1. The molecule has 1 aromatic heterocycles. The van der Waals surface area contributed by atoms with Gasteiger partial charge in [0.15, 0.2) is 0 Å². The lowest BCUT2D eigenvalue weighted by molar-refractivity contribution is 0.520. The van der Waals surface area contributed by atoms with Crippen molar-refractivity contribution >= 4 is 10.9 Å². The summed E-state index contributed by atoms with van der Waals surface area (Å²) in [5.41, 5.74) is 2.00. The van der Waals surface area contributed by atoms with Crippen LogP contribution >= 0.6 is 0 Å². The van der Waals surface area contributed by atoms with Crippen molar-refractivity contribution < 1.29 is 10.2 Å². The lowest BCUT2D eigenvalue weighted by Gasteiger charge is -2.01. The second kappa shape index (κ2) is 5.15. The molecule has 0 saturated carbocycles. The van der Waals surface area contributed by atoms with Crippen LogP contribution in [0, 0.1) is 19.0 Å². The van der Waals surface area contributed by atoms with Crippen LogP contribution in [0.15, 0.2) is 30.3 Å². The van der Waals surface area contributed by atoms with Gasteiger partial charge in [0.05, 0.1) is 5.52 Å². The minimum absolute atomic E-state index is 0. The molecular weight excluding hydrogens is 202 g/mol. The van der Waals surface area contributed by atoms with Gasteiger partial charge in [-0.25, -0.2) is 0 Å². The number of fused-ring (bicyclic) bond motifs is 1. The SMILES string of the molecule is CC#COc1ccc2nc(C)ccc2c1.O. The van der Waals surface area contributed by atoms with Crippen molar-refractivity contribution in [3.05, 3.63) is 36.0 Å². The third-order valence-corrected chi connectivity index (χ3v) is 2.07. The number of aryl methyl sites for hydroxylation is 1. The van der Waals surface area contributed by atoms with Gasteiger partial charge in [-0.05, 0) is 31.2 Å². The first-order valence-corrected chi connectivity index (χ1v) is 4.75. The molecule has 0 bridgehead atoms. The summed E-state index contributed by atoms with van der Waals surface area (Å²) in [4.78, 5) is 4.41. The molecule has 3 heteroatoms. The summed E-state index contributed by atoms with van der Waals surface area (Å²) in [6, 6.07) is 9.77. The lowest BCUT2D eigenvalue weighted by Crippen LogP contribution is -1.85. The van der Waals surface area contributed by atoms with E-state index < -0.39 is 0 Å². The Bertz CT molecular complexity index is 553. The number of aromatic nitrogens is 1. The molecule has 0 fully saturated rings. The molecule has 0 amide bonds. The Morgan fingerprint density at radius 2 is 2.00 bits per heavy atom. The van der Waals surface area contributed by atoms with Crippen LogP contribution in [0.4, 0.5) is 0 Å². The molecule has 1 heterocycles. The van der Waals surface area contributed by atoms with Crippen molar-refractivity contribution in [1.82, 2.24) is 4.98 Å². The van der Waals surface area contributed by atoms with Crippen LogP contribution in [0.3, 0.4) is 0 Å². The summed E-state index contributed by atoms with van der Waals surface area (Å²) in [7, 11) is 0. The first kappa shape index (κ1) is 12.0. The zero-order chi connectivity index (χ0) is 10.7. The van der Waals surface area contributed by atoms with Gasteiger partial charge < -0.3 is 10.2 Å². The number of ether oxygens (including phenoxy) is 1. The van der Waals surface area contributed by atoms with Gasteiger partial charge in [0.25, 0.3) is 0 Å². The third-order valence-electron chi connectivity index (χ3n) is 2.07. The Morgan fingerprint density at radius 1 is 1.19 bits per heavy atom. The molecule has 0 aliphatic rings. The van der Waals surface area contributed by atoms with Crippen molar-refractivity contribution in [1.29, 1.82) is 0 Å². The molecule has 0 aliphatic heterocycles. The molecule has 0 atom stereocenters. The molecule has 2 aromatic rings. The Labute approximate surface area is 94.4 Å². The summed E-state index contributed by atoms with van der Waals surface area (Å²) < 4.78 is 5.20. The third kappa shape index (κ3) is 2.50. The van der Waals surface area contributed by atoms with E-state index in [1.807, 2.05) is 37.3 Å². The van der Waals surface area contributed by atoms with E-state index in [1.54, 1.807) is 6.92 Å². The molecule has 1 aromatic carbocycles. The van der Waals surface area contributed by atoms with Gasteiger partial charge in [0.1, 0.15) is 11.9 Å². The zero-order valence-corrected chi connectivity index (χ0v) is 9.24. The van der Waals surface area contributed by atoms with Gasteiger partial charge >= 0.3 is 0 Å². The number of benzene rings is 1. The van der Waals surface area contributed by atoms with Crippen LogP contribution in [0.25, 0.3) is 10.9 Å². The number of hydrogen-bond acceptors (Lipinski definition) is 2. The van der Waals surface area contributed by atoms with Gasteiger partial charge in [-0.3, -0.25) is 4.98 Å². The molecule has 0 unspecified atom stereocenters. The summed E-state index contributed by atoms with van der Waals surface area (Å²) in [6.07, 6.45) is 2.57. The molecule has 0 spiro atoms. The van der Waals surface area contributed by atoms with Crippen molar-refractivity contribution in [2.75, 3.05) is 0 Å². The standard InChI is InChI=1S/C13H11NO.H2O/c1-3-8-15-12-6-7-13-11(9-12)5-4-10(2)14-13;/h4-7,9H,1-2H3;1H2. The van der Waals surface area contributed by atoms with Gasteiger partial charge in [-0.1, -0.05) is 12.0 Å². The maximum Gasteiger partial charge on any atom is 0.140 e. The monoisotopic (exact) mass is 215 g/mol. The predicted octanol–water partition coefficient (Wildman–Crippen LogP) is 2.08. The fourth-order valence-corrected chi connectivity index (χ4v) is 1.38. The van der Waals surface area contributed by atoms with Crippen LogP contribution in [0.1, 0.15) is 12.6 Å². The molecule has 16 heavy (non-hydrogen) atoms. The highest BCUT2D eigenvalue weighted by Crippen LogP contribution is 2.19. The van der Waals surface area contributed by atoms with Gasteiger partial charge in [-0.2, -0.15) is 0 Å². The quantitative estimate of drug-likeness (QED) is 0.684. The minimum atomic E-state index is 0. The van der Waals surface area contributed by atoms with Crippen LogP contribution in [0.5, 0.6) is 5.75 Å². The van der Waals surface area contributed by atoms with E-state index in [-0.39, 0.29) is 5.48 Å². The summed E-state index contributed by atoms with van der Waals surface area (Å²) >= 11 is 0. The average Bonchev–Trinajstić information content (AvgIpc) is 2.26. The fourth-order valence-electron chi connectivity index (χ4n) is 1.38. The summed E-state index contributed by atoms with van der Waals surface area (Å²) in [5.74, 6) is 3.44. The normalized spacial score (nSPS) is 8.88. The first-order chi connectivity index (χ1) is 7.29. The van der Waals surface area contributed by atoms with E-state index in [4.69, 9.17) is 4.74 Å². The van der Waals surface area contributed by atoms with Crippen LogP contribution in [-0.4, -0.2) is 10.5 Å². The van der Waals surface area contributed by atoms with Crippen molar-refractivity contribution in [2.24, 2.45) is 0 Å². The van der Waals surface area contributed by atoms with Crippen molar-refractivity contribution in [2.45, 2.75) is 13.8 Å². The van der Waals surface area contributed by atoms with E-state index in [2.05, 4.69) is 17.0 Å². The molecule has 82 valence electrons. The topological polar surface area (TPSA) is 53.6 Å². The van der Waals surface area contributed by atoms with Crippen LogP contribution < -0.4 is 4.74 Å². The largest absolute Gasteiger partial charge is 0.412 e. The first-order valence-electron chi connectivity index (χ1n) is 4.75. The van der Waals surface area contributed by atoms with E-state index in [1.165, 1.54) is 0 Å². The Hall–Kier alpha value is -2.05. The van der Waals surface area contributed by atoms with Crippen molar-refractivity contribution in [3.63, 3.8) is 0 Å². The molecule has 3 nitrogen and oxygen atoms in total. The van der Waals surface area contributed by atoms with E-state index in [0.29, 0.717) is 0 Å². The van der Waals surface area contributed by atoms with E-state index >= 15 is 0 Å². The Kier molecular flexibility index (Phi) is 3.87. The summed E-state index contributed by atoms with van der Waals surface area (Å²) in [5, 5.41) is 1.07. The second-order valence-electron chi connectivity index (χ2n) is 3.26. The van der Waals surface area contributed by atoms with Gasteiger partial charge in [-0.15, -0.1) is 0 Å². The molecule has 2 rings (SSSR count). The average molecular weight is 215 g/mol. The van der Waals surface area contributed by atoms with Gasteiger partial charge in [0.2, 0.25) is 0 Å². The Balaban J connectivity index is 0.00000128. The molecule has 0 saturated heterocycles. The van der Waals surface area contributed by atoms with Crippen LogP contribution in [0.2, 0.25) is 0 Å². The van der Waals surface area contributed by atoms with E-state index in [0.717, 1.165) is 22.3 Å². The molecule has 0 aliphatic carbocycles. The highest BCUT2D eigenvalue weighted by molar-refractivity contribution is 5.80. The number of nitrogens with zero attached hydrogens (tertiary/aromatic N) is 1. The zero-order valence-electron chi connectivity index (χ0n) is 9.24. The Morgan fingerprint density at radius 3 is 2.75 bits per heavy atom. The molecule has 2 N–H and O–H groups in total. The van der Waals surface area contributed by atoms with Crippen molar-refractivity contribution in [3.8, 4) is 17.8 Å². The van der Waals surface area contributed by atoms with Crippen LogP contribution in [-0.2, 0) is 0 Å². The second-order valence-corrected chi connectivity index (χ2v) is 3.26.